The second-order valence-corrected chi connectivity index (χ2v) is 2.78. The molecule has 0 bridgehead atoms. The molecule has 1 unspecified atom stereocenters. The molecule has 1 nitrogen and oxygen atoms in total. The molecule has 0 spiro atoms. The summed E-state index contributed by atoms with van der Waals surface area (Å²) in [4.78, 5) is 0. The molecule has 1 N–H and O–H groups in total. The van der Waals surface area contributed by atoms with Gasteiger partial charge in [0.25, 0.3) is 0 Å². The van der Waals surface area contributed by atoms with Gasteiger partial charge in [-0.25, -0.2) is 8.78 Å². The lowest BCUT2D eigenvalue weighted by molar-refractivity contribution is 0.553. The SMILES string of the molecule is CNCC(C)/C=C\C(F)=C(/C)F. The summed E-state index contributed by atoms with van der Waals surface area (Å²) in [5.41, 5.74) is 0. The molecule has 0 amide bonds. The van der Waals surface area contributed by atoms with Crippen LogP contribution in [0, 0.1) is 5.92 Å². The lowest BCUT2D eigenvalue weighted by atomic mass is 10.1. The van der Waals surface area contributed by atoms with E-state index < -0.39 is 11.7 Å². The first kappa shape index (κ1) is 11.3. The largest absolute Gasteiger partial charge is 0.319 e. The highest BCUT2D eigenvalue weighted by atomic mass is 19.2. The fourth-order valence-corrected chi connectivity index (χ4v) is 0.754. The Kier molecular flexibility index (Phi) is 5.54. The van der Waals surface area contributed by atoms with Gasteiger partial charge in [-0.05, 0) is 26.0 Å². The first-order chi connectivity index (χ1) is 5.57. The van der Waals surface area contributed by atoms with E-state index in [1.54, 1.807) is 6.08 Å². The van der Waals surface area contributed by atoms with Gasteiger partial charge in [0.2, 0.25) is 0 Å². The first-order valence-corrected chi connectivity index (χ1v) is 3.92. The van der Waals surface area contributed by atoms with Gasteiger partial charge in [0.05, 0.1) is 0 Å². The van der Waals surface area contributed by atoms with Crippen molar-refractivity contribution in [3.05, 3.63) is 23.8 Å². The van der Waals surface area contributed by atoms with Crippen molar-refractivity contribution >= 4 is 0 Å². The van der Waals surface area contributed by atoms with Gasteiger partial charge in [-0.15, -0.1) is 0 Å². The van der Waals surface area contributed by atoms with E-state index in [1.807, 2.05) is 14.0 Å². The highest BCUT2D eigenvalue weighted by Gasteiger charge is 1.97. The van der Waals surface area contributed by atoms with Gasteiger partial charge in [-0.1, -0.05) is 13.0 Å². The summed E-state index contributed by atoms with van der Waals surface area (Å²) >= 11 is 0. The number of allylic oxidation sites excluding steroid dienone is 3. The maximum atomic E-state index is 12.5. The molecule has 12 heavy (non-hydrogen) atoms. The van der Waals surface area contributed by atoms with E-state index in [4.69, 9.17) is 0 Å². The van der Waals surface area contributed by atoms with Crippen molar-refractivity contribution in [2.75, 3.05) is 13.6 Å². The standard InChI is InChI=1S/C9H15F2N/c1-7(6-12-3)4-5-9(11)8(2)10/h4-5,7,12H,6H2,1-3H3/b5-4-,9-8-. The lowest BCUT2D eigenvalue weighted by Crippen LogP contribution is -2.14. The molecule has 0 saturated carbocycles. The van der Waals surface area contributed by atoms with Crippen molar-refractivity contribution < 1.29 is 8.78 Å². The summed E-state index contributed by atoms with van der Waals surface area (Å²) in [5.74, 6) is -1.36. The first-order valence-electron chi connectivity index (χ1n) is 3.92. The Morgan fingerprint density at radius 2 is 2.08 bits per heavy atom. The Labute approximate surface area is 72.2 Å². The van der Waals surface area contributed by atoms with Crippen LogP contribution < -0.4 is 5.32 Å². The predicted octanol–water partition coefficient (Wildman–Crippen LogP) is 2.57. The highest BCUT2D eigenvalue weighted by Crippen LogP contribution is 2.09. The van der Waals surface area contributed by atoms with Crippen molar-refractivity contribution in [3.63, 3.8) is 0 Å². The number of hydrogen-bond donors (Lipinski definition) is 1. The zero-order valence-electron chi connectivity index (χ0n) is 7.70. The molecule has 0 aliphatic rings. The molecule has 0 heterocycles. The maximum Gasteiger partial charge on any atom is 0.153 e. The van der Waals surface area contributed by atoms with Crippen molar-refractivity contribution in [2.24, 2.45) is 5.92 Å². The van der Waals surface area contributed by atoms with Crippen LogP contribution in [0.3, 0.4) is 0 Å². The van der Waals surface area contributed by atoms with Crippen LogP contribution in [0.25, 0.3) is 0 Å². The van der Waals surface area contributed by atoms with Crippen molar-refractivity contribution in [3.8, 4) is 0 Å². The fourth-order valence-electron chi connectivity index (χ4n) is 0.754. The number of nitrogens with one attached hydrogen (secondary N) is 1. The Bertz CT molecular complexity index is 181. The van der Waals surface area contributed by atoms with Crippen LogP contribution >= 0.6 is 0 Å². The minimum absolute atomic E-state index is 0.208. The molecule has 0 aliphatic heterocycles. The van der Waals surface area contributed by atoms with Crippen LogP contribution in [0.4, 0.5) is 8.78 Å². The molecule has 0 aromatic rings. The molecule has 0 aliphatic carbocycles. The smallest absolute Gasteiger partial charge is 0.153 e. The van der Waals surface area contributed by atoms with Crippen LogP contribution in [0.5, 0.6) is 0 Å². The van der Waals surface area contributed by atoms with Crippen molar-refractivity contribution in [1.29, 1.82) is 0 Å². The molecule has 70 valence electrons. The normalized spacial score (nSPS) is 16.4. The highest BCUT2D eigenvalue weighted by molar-refractivity contribution is 5.14. The molecule has 3 heteroatoms. The Hall–Kier alpha value is -0.700. The summed E-state index contributed by atoms with van der Waals surface area (Å²) in [5, 5.41) is 2.94. The van der Waals surface area contributed by atoms with E-state index in [1.165, 1.54) is 0 Å². The zero-order valence-corrected chi connectivity index (χ0v) is 7.70. The van der Waals surface area contributed by atoms with Crippen LogP contribution in [0.15, 0.2) is 23.8 Å². The maximum absolute atomic E-state index is 12.5. The summed E-state index contributed by atoms with van der Waals surface area (Å²) in [6.45, 7) is 3.78. The quantitative estimate of drug-likeness (QED) is 0.647. The predicted molar refractivity (Wildman–Crippen MR) is 47.1 cm³/mol. The number of halogens is 2. The van der Waals surface area contributed by atoms with Crippen LogP contribution in [0.2, 0.25) is 0 Å². The van der Waals surface area contributed by atoms with E-state index in [2.05, 4.69) is 5.32 Å². The van der Waals surface area contributed by atoms with E-state index >= 15 is 0 Å². The summed E-state index contributed by atoms with van der Waals surface area (Å²) < 4.78 is 24.7. The van der Waals surface area contributed by atoms with Gasteiger partial charge in [0.1, 0.15) is 5.83 Å². The Balaban J connectivity index is 3.98. The average molecular weight is 175 g/mol. The van der Waals surface area contributed by atoms with E-state index in [9.17, 15) is 8.78 Å². The van der Waals surface area contributed by atoms with Gasteiger partial charge in [0, 0.05) is 6.54 Å². The van der Waals surface area contributed by atoms with Gasteiger partial charge in [-0.2, -0.15) is 0 Å². The molecule has 0 saturated heterocycles. The monoisotopic (exact) mass is 175 g/mol. The Morgan fingerprint density at radius 3 is 2.50 bits per heavy atom. The second-order valence-electron chi connectivity index (χ2n) is 2.78. The van der Waals surface area contributed by atoms with Crippen molar-refractivity contribution in [1.82, 2.24) is 5.32 Å². The van der Waals surface area contributed by atoms with E-state index in [0.29, 0.717) is 0 Å². The summed E-state index contributed by atoms with van der Waals surface area (Å²) in [6.07, 6.45) is 2.80. The van der Waals surface area contributed by atoms with Gasteiger partial charge in [0.15, 0.2) is 5.83 Å². The molecule has 0 aromatic carbocycles. The second kappa shape index (κ2) is 5.89. The minimum atomic E-state index is -0.794. The van der Waals surface area contributed by atoms with Crippen LogP contribution in [-0.4, -0.2) is 13.6 Å². The Morgan fingerprint density at radius 1 is 1.50 bits per heavy atom. The van der Waals surface area contributed by atoms with E-state index in [0.717, 1.165) is 19.5 Å². The third-order valence-electron chi connectivity index (χ3n) is 1.43. The molecule has 0 aromatic heterocycles. The van der Waals surface area contributed by atoms with Gasteiger partial charge >= 0.3 is 0 Å². The number of rotatable bonds is 4. The topological polar surface area (TPSA) is 12.0 Å². The molecule has 0 rings (SSSR count). The van der Waals surface area contributed by atoms with Crippen LogP contribution in [0.1, 0.15) is 13.8 Å². The molecule has 0 radical (unpaired) electrons. The van der Waals surface area contributed by atoms with Gasteiger partial charge < -0.3 is 5.32 Å². The molecule has 0 fully saturated rings. The molecule has 1 atom stereocenters. The van der Waals surface area contributed by atoms with Gasteiger partial charge in [-0.3, -0.25) is 0 Å². The van der Waals surface area contributed by atoms with Crippen LogP contribution in [-0.2, 0) is 0 Å². The summed E-state index contributed by atoms with van der Waals surface area (Å²) in [6, 6.07) is 0. The fraction of sp³-hybridized carbons (Fsp3) is 0.556. The third-order valence-corrected chi connectivity index (χ3v) is 1.43. The molecular formula is C9H15F2N. The summed E-state index contributed by atoms with van der Waals surface area (Å²) in [7, 11) is 1.82. The van der Waals surface area contributed by atoms with Crippen molar-refractivity contribution in [2.45, 2.75) is 13.8 Å². The average Bonchev–Trinajstić information content (AvgIpc) is 2.00. The van der Waals surface area contributed by atoms with E-state index in [-0.39, 0.29) is 5.92 Å². The minimum Gasteiger partial charge on any atom is -0.319 e. The lowest BCUT2D eigenvalue weighted by Gasteiger charge is -2.02. The number of hydrogen-bond acceptors (Lipinski definition) is 1. The molecular weight excluding hydrogens is 160 g/mol. The zero-order chi connectivity index (χ0) is 9.56. The third kappa shape index (κ3) is 5.02.